The van der Waals surface area contributed by atoms with Crippen LogP contribution in [0.3, 0.4) is 0 Å². The maximum atomic E-state index is 12.7. The van der Waals surface area contributed by atoms with Crippen LogP contribution >= 0.6 is 11.6 Å². The van der Waals surface area contributed by atoms with Gasteiger partial charge in [0.15, 0.2) is 5.78 Å². The zero-order chi connectivity index (χ0) is 21.6. The minimum atomic E-state index is -4.09. The second-order valence-electron chi connectivity index (χ2n) is 7.25. The van der Waals surface area contributed by atoms with E-state index in [1.165, 1.54) is 6.08 Å². The average molecular weight is 438 g/mol. The van der Waals surface area contributed by atoms with Gasteiger partial charge in [0.2, 0.25) is 0 Å². The van der Waals surface area contributed by atoms with E-state index in [0.717, 1.165) is 5.56 Å². The molecule has 1 aliphatic rings. The van der Waals surface area contributed by atoms with E-state index in [-0.39, 0.29) is 18.6 Å². The summed E-state index contributed by atoms with van der Waals surface area (Å²) in [5.74, 6) is -0.676. The number of rotatable bonds is 7. The maximum Gasteiger partial charge on any atom is 0.391 e. The monoisotopic (exact) mass is 437 g/mol. The number of halogens is 4. The van der Waals surface area contributed by atoms with Gasteiger partial charge in [-0.15, -0.1) is 0 Å². The van der Waals surface area contributed by atoms with Crippen molar-refractivity contribution in [2.75, 3.05) is 26.2 Å². The van der Waals surface area contributed by atoms with E-state index >= 15 is 0 Å². The van der Waals surface area contributed by atoms with Crippen LogP contribution in [0.5, 0.6) is 5.75 Å². The van der Waals surface area contributed by atoms with Gasteiger partial charge in [-0.3, -0.25) is 9.69 Å². The van der Waals surface area contributed by atoms with Gasteiger partial charge in [0.1, 0.15) is 12.4 Å². The van der Waals surface area contributed by atoms with E-state index < -0.39 is 12.1 Å². The molecule has 3 nitrogen and oxygen atoms in total. The van der Waals surface area contributed by atoms with Crippen LogP contribution in [-0.2, 0) is 0 Å². The predicted octanol–water partition coefficient (Wildman–Crippen LogP) is 5.89. The number of nitrogens with zero attached hydrogens (tertiary/aromatic N) is 1. The Hall–Kier alpha value is -2.31. The van der Waals surface area contributed by atoms with Gasteiger partial charge in [0, 0.05) is 12.1 Å². The first-order chi connectivity index (χ1) is 14.3. The first-order valence-electron chi connectivity index (χ1n) is 9.82. The van der Waals surface area contributed by atoms with E-state index in [9.17, 15) is 18.0 Å². The Labute approximate surface area is 179 Å². The van der Waals surface area contributed by atoms with Crippen molar-refractivity contribution in [3.05, 3.63) is 70.8 Å². The molecule has 7 heteroatoms. The first kappa shape index (κ1) is 22.4. The largest absolute Gasteiger partial charge is 0.492 e. The molecule has 2 aromatic rings. The number of carbonyl (C=O) groups excluding carboxylic acids is 1. The summed E-state index contributed by atoms with van der Waals surface area (Å²) >= 11 is 6.03. The molecule has 1 fully saturated rings. The Morgan fingerprint density at radius 2 is 1.77 bits per heavy atom. The van der Waals surface area contributed by atoms with E-state index in [4.69, 9.17) is 16.3 Å². The van der Waals surface area contributed by atoms with Crippen molar-refractivity contribution in [1.82, 2.24) is 4.90 Å². The molecular formula is C23H23ClF3NO2. The van der Waals surface area contributed by atoms with Gasteiger partial charge in [-0.2, -0.15) is 13.2 Å². The van der Waals surface area contributed by atoms with Crippen LogP contribution in [0.4, 0.5) is 13.2 Å². The molecule has 0 spiro atoms. The number of alkyl halides is 3. The van der Waals surface area contributed by atoms with Crippen molar-refractivity contribution in [1.29, 1.82) is 0 Å². The third-order valence-electron chi connectivity index (χ3n) is 5.17. The normalized spacial score (nSPS) is 16.1. The van der Waals surface area contributed by atoms with Crippen molar-refractivity contribution in [3.63, 3.8) is 0 Å². The number of hydrogen-bond acceptors (Lipinski definition) is 3. The van der Waals surface area contributed by atoms with Crippen LogP contribution in [-0.4, -0.2) is 43.1 Å². The van der Waals surface area contributed by atoms with Crippen molar-refractivity contribution < 1.29 is 22.7 Å². The lowest BCUT2D eigenvalue weighted by Crippen LogP contribution is -2.40. The molecule has 1 aliphatic heterocycles. The molecule has 0 unspecified atom stereocenters. The Morgan fingerprint density at radius 1 is 1.10 bits per heavy atom. The lowest BCUT2D eigenvalue weighted by Gasteiger charge is -2.32. The number of ether oxygens (including phenoxy) is 1. The van der Waals surface area contributed by atoms with Gasteiger partial charge >= 0.3 is 6.18 Å². The summed E-state index contributed by atoms with van der Waals surface area (Å²) in [6, 6.07) is 14.2. The molecule has 0 saturated carbocycles. The van der Waals surface area contributed by atoms with Crippen LogP contribution in [0.25, 0.3) is 6.08 Å². The van der Waals surface area contributed by atoms with E-state index in [1.807, 2.05) is 17.0 Å². The standard InChI is InChI=1S/C23H23ClF3NO2/c24-21-4-2-1-3-20(21)22(29)10-7-17-5-8-19(9-6-17)30-16-15-28-13-11-18(12-14-28)23(25,26)27/h1-10,18H,11-16H2/b10-7+. The molecule has 2 aromatic carbocycles. The molecular weight excluding hydrogens is 415 g/mol. The van der Waals surface area contributed by atoms with Crippen LogP contribution in [0.1, 0.15) is 28.8 Å². The predicted molar refractivity (Wildman–Crippen MR) is 112 cm³/mol. The highest BCUT2D eigenvalue weighted by atomic mass is 35.5. The van der Waals surface area contributed by atoms with Gasteiger partial charge in [0.25, 0.3) is 0 Å². The van der Waals surface area contributed by atoms with E-state index in [0.29, 0.717) is 42.6 Å². The van der Waals surface area contributed by atoms with E-state index in [2.05, 4.69) is 0 Å². The minimum Gasteiger partial charge on any atom is -0.492 e. The minimum absolute atomic E-state index is 0.150. The summed E-state index contributed by atoms with van der Waals surface area (Å²) < 4.78 is 43.8. The zero-order valence-corrected chi connectivity index (χ0v) is 17.1. The van der Waals surface area contributed by atoms with Gasteiger partial charge < -0.3 is 4.74 Å². The SMILES string of the molecule is O=C(/C=C/c1ccc(OCCN2CCC(C(F)(F)F)CC2)cc1)c1ccccc1Cl. The highest BCUT2D eigenvalue weighted by molar-refractivity contribution is 6.34. The summed E-state index contributed by atoms with van der Waals surface area (Å²) in [5, 5.41) is 0.415. The molecule has 1 saturated heterocycles. The molecule has 0 bridgehead atoms. The highest BCUT2D eigenvalue weighted by Crippen LogP contribution is 2.33. The molecule has 0 aromatic heterocycles. The third kappa shape index (κ3) is 6.34. The quantitative estimate of drug-likeness (QED) is 0.399. The van der Waals surface area contributed by atoms with Crippen molar-refractivity contribution in [2.45, 2.75) is 19.0 Å². The number of piperidine rings is 1. The van der Waals surface area contributed by atoms with Gasteiger partial charge in [-0.1, -0.05) is 41.9 Å². The van der Waals surface area contributed by atoms with E-state index in [1.54, 1.807) is 42.5 Å². The fraction of sp³-hybridized carbons (Fsp3) is 0.348. The first-order valence-corrected chi connectivity index (χ1v) is 10.2. The van der Waals surface area contributed by atoms with Gasteiger partial charge in [-0.05, 0) is 61.8 Å². The van der Waals surface area contributed by atoms with Crippen LogP contribution in [0, 0.1) is 5.92 Å². The molecule has 160 valence electrons. The topological polar surface area (TPSA) is 29.5 Å². The number of benzene rings is 2. The molecule has 0 atom stereocenters. The van der Waals surface area contributed by atoms with Crippen molar-refractivity contribution >= 4 is 23.5 Å². The summed E-state index contributed by atoms with van der Waals surface area (Å²) in [7, 11) is 0. The summed E-state index contributed by atoms with van der Waals surface area (Å²) in [6.07, 6.45) is -0.604. The summed E-state index contributed by atoms with van der Waals surface area (Å²) in [4.78, 5) is 14.2. The van der Waals surface area contributed by atoms with Crippen molar-refractivity contribution in [2.24, 2.45) is 5.92 Å². The second-order valence-corrected chi connectivity index (χ2v) is 7.66. The third-order valence-corrected chi connectivity index (χ3v) is 5.50. The molecule has 0 N–H and O–H groups in total. The Kier molecular flexibility index (Phi) is 7.56. The van der Waals surface area contributed by atoms with Crippen LogP contribution in [0.2, 0.25) is 5.02 Å². The maximum absolute atomic E-state index is 12.7. The zero-order valence-electron chi connectivity index (χ0n) is 16.4. The number of allylic oxidation sites excluding steroid dienone is 1. The Balaban J connectivity index is 1.43. The van der Waals surface area contributed by atoms with Crippen LogP contribution < -0.4 is 4.74 Å². The molecule has 0 radical (unpaired) electrons. The fourth-order valence-electron chi connectivity index (χ4n) is 3.37. The molecule has 1 heterocycles. The fourth-order valence-corrected chi connectivity index (χ4v) is 3.60. The lowest BCUT2D eigenvalue weighted by atomic mass is 9.96. The smallest absolute Gasteiger partial charge is 0.391 e. The second kappa shape index (κ2) is 10.1. The summed E-state index contributed by atoms with van der Waals surface area (Å²) in [5.41, 5.74) is 1.30. The lowest BCUT2D eigenvalue weighted by molar-refractivity contribution is -0.185. The summed E-state index contributed by atoms with van der Waals surface area (Å²) in [6.45, 7) is 1.89. The van der Waals surface area contributed by atoms with Crippen LogP contribution in [0.15, 0.2) is 54.6 Å². The number of carbonyl (C=O) groups is 1. The molecule has 30 heavy (non-hydrogen) atoms. The molecule has 0 aliphatic carbocycles. The van der Waals surface area contributed by atoms with Crippen molar-refractivity contribution in [3.8, 4) is 5.75 Å². The number of ketones is 1. The number of likely N-dealkylation sites (tertiary alicyclic amines) is 1. The number of hydrogen-bond donors (Lipinski definition) is 0. The van der Waals surface area contributed by atoms with Gasteiger partial charge in [0.05, 0.1) is 10.9 Å². The average Bonchev–Trinajstić information content (AvgIpc) is 2.73. The molecule has 3 rings (SSSR count). The Bertz CT molecular complexity index is 873. The van der Waals surface area contributed by atoms with Gasteiger partial charge in [-0.25, -0.2) is 0 Å². The highest BCUT2D eigenvalue weighted by Gasteiger charge is 2.40. The molecule has 0 amide bonds. The Morgan fingerprint density at radius 3 is 2.40 bits per heavy atom.